The summed E-state index contributed by atoms with van der Waals surface area (Å²) in [4.78, 5) is 0. The Bertz CT molecular complexity index is 193. The van der Waals surface area contributed by atoms with Gasteiger partial charge in [-0.1, -0.05) is 30.3 Å². The summed E-state index contributed by atoms with van der Waals surface area (Å²) in [6, 6.07) is 10.1. The van der Waals surface area contributed by atoms with Crippen LogP contribution in [0.1, 0.15) is 5.56 Å². The van der Waals surface area contributed by atoms with Crippen LogP contribution in [-0.2, 0) is 0 Å². The van der Waals surface area contributed by atoms with E-state index >= 15 is 0 Å². The Morgan fingerprint density at radius 1 is 1.22 bits per heavy atom. The first-order valence-corrected chi connectivity index (χ1v) is 3.80. The van der Waals surface area contributed by atoms with Gasteiger partial charge in [0.2, 0.25) is 0 Å². The van der Waals surface area contributed by atoms with E-state index in [4.69, 9.17) is 0 Å². The molecule has 1 aromatic carbocycles. The van der Waals surface area contributed by atoms with E-state index in [1.54, 1.807) is 0 Å². The summed E-state index contributed by atoms with van der Waals surface area (Å²) in [6.07, 6.45) is 1.90. The number of hydrogen-bond acceptors (Lipinski definition) is 1. The lowest BCUT2D eigenvalue weighted by Gasteiger charge is -1.86. The van der Waals surface area contributed by atoms with E-state index in [1.165, 1.54) is 5.56 Å². The van der Waals surface area contributed by atoms with Crippen molar-refractivity contribution >= 4 is 16.6 Å². The maximum absolute atomic E-state index is 4.02. The lowest BCUT2D eigenvalue weighted by atomic mass is 10.2. The van der Waals surface area contributed by atoms with Crippen molar-refractivity contribution in [3.63, 3.8) is 0 Å². The van der Waals surface area contributed by atoms with Crippen molar-refractivity contribution in [2.24, 2.45) is 4.66 Å². The third-order valence-corrected chi connectivity index (χ3v) is 1.34. The van der Waals surface area contributed by atoms with Gasteiger partial charge in [-0.25, -0.2) is 0 Å². The molecule has 0 aliphatic heterocycles. The van der Waals surface area contributed by atoms with Gasteiger partial charge in [-0.15, -0.1) is 0 Å². The van der Waals surface area contributed by atoms with Crippen molar-refractivity contribution in [2.45, 2.75) is 0 Å². The molecule has 2 heteroatoms. The summed E-state index contributed by atoms with van der Waals surface area (Å²) in [5.74, 6) is 0. The fraction of sp³-hybridized carbons (Fsp3) is 0. The highest BCUT2D eigenvalue weighted by molar-refractivity contribution is 6.11. The number of rotatable bonds is 1. The smallest absolute Gasteiger partial charge is 0.134 e. The Labute approximate surface area is 57.9 Å². The fourth-order valence-corrected chi connectivity index (χ4v) is 0.986. The van der Waals surface area contributed by atoms with Crippen molar-refractivity contribution in [2.75, 3.05) is 0 Å². The molecule has 0 N–H and O–H groups in total. The van der Waals surface area contributed by atoms with Crippen LogP contribution in [0.4, 0.5) is 0 Å². The summed E-state index contributed by atoms with van der Waals surface area (Å²) in [6.45, 7) is 0. The molecule has 0 saturated carbocycles. The Morgan fingerprint density at radius 3 is 2.44 bits per heavy atom. The predicted molar refractivity (Wildman–Crippen MR) is 44.0 cm³/mol. The van der Waals surface area contributed by atoms with E-state index in [9.17, 15) is 0 Å². The fourth-order valence-electron chi connectivity index (χ4n) is 0.688. The van der Waals surface area contributed by atoms with E-state index in [1.807, 2.05) is 36.5 Å². The Balaban J connectivity index is 2.85. The molecule has 0 aliphatic rings. The third kappa shape index (κ3) is 1.81. The molecule has 1 nitrogen and oxygen atoms in total. The molecule has 46 valence electrons. The van der Waals surface area contributed by atoms with Gasteiger partial charge in [-0.3, -0.25) is 0 Å². The number of benzene rings is 1. The quantitative estimate of drug-likeness (QED) is 0.390. The number of hydrogen-bond donors (Lipinski definition) is 0. The van der Waals surface area contributed by atoms with E-state index in [0.29, 0.717) is 0 Å². The maximum Gasteiger partial charge on any atom is 0.134 e. The molecule has 1 rings (SSSR count). The van der Waals surface area contributed by atoms with Crippen molar-refractivity contribution in [1.29, 1.82) is 0 Å². The van der Waals surface area contributed by atoms with Gasteiger partial charge in [0.05, 0.1) is 0 Å². The van der Waals surface area contributed by atoms with Crippen LogP contribution in [0.15, 0.2) is 35.0 Å². The first-order valence-electron chi connectivity index (χ1n) is 2.90. The van der Waals surface area contributed by atoms with E-state index in [2.05, 4.69) is 4.66 Å². The molecule has 0 amide bonds. The minimum Gasteiger partial charge on any atom is -0.340 e. The van der Waals surface area contributed by atoms with E-state index < -0.39 is 0 Å². The molecule has 0 aliphatic carbocycles. The largest absolute Gasteiger partial charge is 0.340 e. The molecule has 0 bridgehead atoms. The molecule has 0 saturated heterocycles. The maximum atomic E-state index is 4.02. The van der Waals surface area contributed by atoms with Gasteiger partial charge >= 0.3 is 0 Å². The van der Waals surface area contributed by atoms with Crippen LogP contribution in [0, 0.1) is 0 Å². The summed E-state index contributed by atoms with van der Waals surface area (Å²) in [5, 5.41) is 0. The molecule has 0 heterocycles. The minimum atomic E-state index is 0.893. The highest BCUT2D eigenvalue weighted by Gasteiger charge is 1.78. The molecule has 0 unspecified atom stereocenters. The molecule has 1 aromatic rings. The summed E-state index contributed by atoms with van der Waals surface area (Å²) in [7, 11) is 0.893. The van der Waals surface area contributed by atoms with Crippen molar-refractivity contribution in [3.05, 3.63) is 35.9 Å². The Hall–Kier alpha value is -0.893. The van der Waals surface area contributed by atoms with Gasteiger partial charge in [0, 0.05) is 6.21 Å². The van der Waals surface area contributed by atoms with Crippen LogP contribution in [0.3, 0.4) is 0 Å². The van der Waals surface area contributed by atoms with Crippen LogP contribution in [0.5, 0.6) is 0 Å². The molecule has 9 heavy (non-hydrogen) atoms. The first kappa shape index (κ1) is 6.23. The van der Waals surface area contributed by atoms with Gasteiger partial charge < -0.3 is 4.66 Å². The molecule has 0 aromatic heterocycles. The topological polar surface area (TPSA) is 12.4 Å². The molecule has 0 radical (unpaired) electrons. The lowest BCUT2D eigenvalue weighted by Crippen LogP contribution is -1.76. The second-order valence-corrected chi connectivity index (χ2v) is 2.31. The third-order valence-electron chi connectivity index (χ3n) is 1.08. The SMILES string of the molecule is [SiH3]/N=C/c1ccccc1. The zero-order valence-corrected chi connectivity index (χ0v) is 7.41. The second kappa shape index (κ2) is 3.20. The first-order chi connectivity index (χ1) is 4.43. The van der Waals surface area contributed by atoms with Crippen LogP contribution in [0.2, 0.25) is 0 Å². The van der Waals surface area contributed by atoms with E-state index in [0.717, 1.165) is 10.4 Å². The number of nitrogens with zero attached hydrogens (tertiary/aromatic N) is 1. The van der Waals surface area contributed by atoms with Crippen LogP contribution in [0.25, 0.3) is 0 Å². The van der Waals surface area contributed by atoms with Crippen LogP contribution >= 0.6 is 0 Å². The summed E-state index contributed by atoms with van der Waals surface area (Å²) >= 11 is 0. The highest BCUT2D eigenvalue weighted by Crippen LogP contribution is 1.92. The zero-order valence-electron chi connectivity index (χ0n) is 5.41. The lowest BCUT2D eigenvalue weighted by molar-refractivity contribution is 1.67. The van der Waals surface area contributed by atoms with Gasteiger partial charge in [-0.05, 0) is 5.56 Å². The highest BCUT2D eigenvalue weighted by atomic mass is 28.2. The van der Waals surface area contributed by atoms with Crippen molar-refractivity contribution in [1.82, 2.24) is 0 Å². The molecule has 0 atom stereocenters. The minimum absolute atomic E-state index is 0.893. The molecule has 0 spiro atoms. The molecule has 0 fully saturated rings. The van der Waals surface area contributed by atoms with E-state index in [-0.39, 0.29) is 0 Å². The Morgan fingerprint density at radius 2 is 1.89 bits per heavy atom. The summed E-state index contributed by atoms with van der Waals surface area (Å²) < 4.78 is 4.02. The molecular weight excluding hydrogens is 126 g/mol. The van der Waals surface area contributed by atoms with Gasteiger partial charge in [-0.2, -0.15) is 0 Å². The predicted octanol–water partition coefficient (Wildman–Crippen LogP) is 0.386. The normalized spacial score (nSPS) is 10.7. The average molecular weight is 135 g/mol. The van der Waals surface area contributed by atoms with Crippen molar-refractivity contribution < 1.29 is 0 Å². The zero-order chi connectivity index (χ0) is 6.53. The van der Waals surface area contributed by atoms with Crippen LogP contribution in [-0.4, -0.2) is 16.6 Å². The van der Waals surface area contributed by atoms with Gasteiger partial charge in [0.25, 0.3) is 0 Å². The molecular formula is C7H9NSi. The van der Waals surface area contributed by atoms with Crippen molar-refractivity contribution in [3.8, 4) is 0 Å². The standard InChI is InChI=1S/C7H9NSi/c9-8-6-7-4-2-1-3-5-7/h1-6H,9H3/b8-6+. The monoisotopic (exact) mass is 135 g/mol. The summed E-state index contributed by atoms with van der Waals surface area (Å²) in [5.41, 5.74) is 1.19. The van der Waals surface area contributed by atoms with Crippen LogP contribution < -0.4 is 0 Å². The average Bonchev–Trinajstić information content (AvgIpc) is 1.91. The van der Waals surface area contributed by atoms with Gasteiger partial charge in [0.1, 0.15) is 10.4 Å². The second-order valence-electron chi connectivity index (χ2n) is 1.80. The van der Waals surface area contributed by atoms with Gasteiger partial charge in [0.15, 0.2) is 0 Å². The Kier molecular flexibility index (Phi) is 2.21.